The molecular formula is C28H31ClF2NO4S+. The minimum absolute atomic E-state index is 0.299. The third-order valence-corrected chi connectivity index (χ3v) is 7.74. The van der Waals surface area contributed by atoms with Gasteiger partial charge in [-0.3, -0.25) is 4.79 Å². The summed E-state index contributed by atoms with van der Waals surface area (Å²) in [5, 5.41) is 10.7. The van der Waals surface area contributed by atoms with Gasteiger partial charge < -0.3 is 14.3 Å². The van der Waals surface area contributed by atoms with Gasteiger partial charge in [0.25, 0.3) is 0 Å². The summed E-state index contributed by atoms with van der Waals surface area (Å²) in [5.74, 6) is 0.285. The fraction of sp³-hybridized carbons (Fsp3) is 0.357. The Labute approximate surface area is 224 Å². The normalized spacial score (nSPS) is 19.8. The molecule has 3 aliphatic heterocycles. The molecule has 0 aliphatic carbocycles. The standard InChI is InChI=1S/C14H10F2O3.C13H18NOS.CH3Cl/c15-11-5-1-3-9(7-11)13(19-14(17)18)10-4-2-6-12(16)8-10;15-12(13-2-1-9-16-13)10-14-6-3-11(4-7-14)5-8-14;1-2/h1-8,13H,(H,17,18);1-2,9,11H,3-8,10H2;1H3/q;+1;. The number of thiophene rings is 1. The van der Waals surface area contributed by atoms with Crippen molar-refractivity contribution >= 4 is 34.9 Å². The van der Waals surface area contributed by atoms with Gasteiger partial charge in [-0.25, -0.2) is 13.6 Å². The first-order chi connectivity index (χ1) is 17.8. The Kier molecular flexibility index (Phi) is 10.6. The van der Waals surface area contributed by atoms with Gasteiger partial charge in [-0.05, 0) is 60.9 Å². The number of ether oxygens (including phenoxy) is 1. The van der Waals surface area contributed by atoms with E-state index in [1.807, 2.05) is 17.5 Å². The number of benzene rings is 2. The lowest BCUT2D eigenvalue weighted by molar-refractivity contribution is -0.935. The molecule has 0 spiro atoms. The predicted molar refractivity (Wildman–Crippen MR) is 141 cm³/mol. The summed E-state index contributed by atoms with van der Waals surface area (Å²) >= 11 is 6.22. The number of fused-ring (bicyclic) bond motifs is 3. The number of carbonyl (C=O) groups excluding carboxylic acids is 1. The van der Waals surface area contributed by atoms with E-state index in [-0.39, 0.29) is 0 Å². The van der Waals surface area contributed by atoms with Crippen molar-refractivity contribution in [1.82, 2.24) is 0 Å². The number of quaternary nitrogens is 1. The van der Waals surface area contributed by atoms with Crippen LogP contribution < -0.4 is 0 Å². The fourth-order valence-electron chi connectivity index (χ4n) is 4.96. The lowest BCUT2D eigenvalue weighted by Gasteiger charge is -2.48. The largest absolute Gasteiger partial charge is 0.506 e. The van der Waals surface area contributed by atoms with Crippen LogP contribution in [0.5, 0.6) is 0 Å². The van der Waals surface area contributed by atoms with Crippen LogP contribution in [0.25, 0.3) is 0 Å². The molecule has 5 nitrogen and oxygen atoms in total. The highest BCUT2D eigenvalue weighted by atomic mass is 35.5. The zero-order valence-corrected chi connectivity index (χ0v) is 22.2. The summed E-state index contributed by atoms with van der Waals surface area (Å²) in [6.07, 6.45) is 2.93. The zero-order chi connectivity index (χ0) is 26.8. The SMILES string of the molecule is CCl.O=C(C[N+]12CCC(CC1)CC2)c1cccs1.O=C(O)OC(c1cccc(F)c1)c1cccc(F)c1. The quantitative estimate of drug-likeness (QED) is 0.153. The third-order valence-electron chi connectivity index (χ3n) is 6.83. The molecule has 4 heterocycles. The highest BCUT2D eigenvalue weighted by Gasteiger charge is 2.41. The molecule has 3 saturated heterocycles. The molecular weight excluding hydrogens is 520 g/mol. The van der Waals surface area contributed by atoms with Gasteiger partial charge in [-0.15, -0.1) is 22.9 Å². The number of nitrogens with zero attached hydrogens (tertiary/aromatic N) is 1. The minimum atomic E-state index is -1.52. The van der Waals surface area contributed by atoms with Crippen LogP contribution in [0.3, 0.4) is 0 Å². The van der Waals surface area contributed by atoms with E-state index >= 15 is 0 Å². The number of hydrogen-bond acceptors (Lipinski definition) is 4. The van der Waals surface area contributed by atoms with Crippen LogP contribution in [0.4, 0.5) is 13.6 Å². The van der Waals surface area contributed by atoms with Crippen molar-refractivity contribution < 1.29 is 32.7 Å². The average molecular weight is 551 g/mol. The molecule has 2 bridgehead atoms. The Morgan fingerprint density at radius 1 is 0.973 bits per heavy atom. The van der Waals surface area contributed by atoms with Crippen LogP contribution in [0, 0.1) is 17.6 Å². The van der Waals surface area contributed by atoms with Gasteiger partial charge in [0, 0.05) is 17.5 Å². The summed E-state index contributed by atoms with van der Waals surface area (Å²) in [6.45, 7) is 4.46. The van der Waals surface area contributed by atoms with Gasteiger partial charge in [0.1, 0.15) is 18.2 Å². The molecule has 0 atom stereocenters. The first kappa shape index (κ1) is 28.8. The number of carboxylic acid groups (broad SMARTS) is 1. The van der Waals surface area contributed by atoms with Gasteiger partial charge in [-0.1, -0.05) is 30.3 Å². The number of rotatable bonds is 6. The lowest BCUT2D eigenvalue weighted by Crippen LogP contribution is -2.60. The maximum Gasteiger partial charge on any atom is 0.506 e. The van der Waals surface area contributed by atoms with Gasteiger partial charge in [0.15, 0.2) is 6.10 Å². The molecule has 2 aromatic carbocycles. The molecule has 0 amide bonds. The second-order valence-electron chi connectivity index (χ2n) is 9.18. The van der Waals surface area contributed by atoms with Crippen LogP contribution in [0.1, 0.15) is 46.2 Å². The summed E-state index contributed by atoms with van der Waals surface area (Å²) in [5.41, 5.74) is 0.598. The smallest absolute Gasteiger partial charge is 0.450 e. The van der Waals surface area contributed by atoms with Gasteiger partial charge in [0.05, 0.1) is 24.5 Å². The topological polar surface area (TPSA) is 63.6 Å². The van der Waals surface area contributed by atoms with Gasteiger partial charge in [0.2, 0.25) is 5.78 Å². The predicted octanol–water partition coefficient (Wildman–Crippen LogP) is 7.17. The van der Waals surface area contributed by atoms with Crippen LogP contribution in [-0.2, 0) is 4.74 Å². The van der Waals surface area contributed by atoms with Crippen molar-refractivity contribution in [2.45, 2.75) is 25.4 Å². The number of hydrogen-bond donors (Lipinski definition) is 1. The van der Waals surface area contributed by atoms with E-state index in [1.54, 1.807) is 11.3 Å². The number of alkyl halides is 1. The second-order valence-corrected chi connectivity index (χ2v) is 10.1. The van der Waals surface area contributed by atoms with Gasteiger partial charge in [-0.2, -0.15) is 0 Å². The summed E-state index contributed by atoms with van der Waals surface area (Å²) in [6, 6.07) is 14.6. The van der Waals surface area contributed by atoms with E-state index in [2.05, 4.69) is 11.6 Å². The van der Waals surface area contributed by atoms with E-state index in [9.17, 15) is 18.4 Å². The molecule has 0 radical (unpaired) electrons. The number of Topliss-reactive ketones (excluding diaryl/α,β-unsaturated/α-hetero) is 1. The number of carbonyl (C=O) groups is 2. The maximum absolute atomic E-state index is 13.2. The second kappa shape index (κ2) is 13.7. The number of halogens is 3. The number of ketones is 1. The van der Waals surface area contributed by atoms with E-state index < -0.39 is 23.9 Å². The Morgan fingerprint density at radius 2 is 1.51 bits per heavy atom. The first-order valence-electron chi connectivity index (χ1n) is 12.0. The van der Waals surface area contributed by atoms with Crippen molar-refractivity contribution in [3.05, 3.63) is 93.7 Å². The van der Waals surface area contributed by atoms with E-state index in [0.717, 1.165) is 34.0 Å². The summed E-state index contributed by atoms with van der Waals surface area (Å²) in [7, 11) is 0. The molecule has 0 saturated carbocycles. The molecule has 6 rings (SSSR count). The monoisotopic (exact) mass is 550 g/mol. The third kappa shape index (κ3) is 8.09. The molecule has 0 unspecified atom stereocenters. The Morgan fingerprint density at radius 3 is 1.95 bits per heavy atom. The van der Waals surface area contributed by atoms with E-state index in [0.29, 0.717) is 16.9 Å². The summed E-state index contributed by atoms with van der Waals surface area (Å²) in [4.78, 5) is 23.8. The molecule has 3 fully saturated rings. The van der Waals surface area contributed by atoms with Crippen LogP contribution in [0.15, 0.2) is 66.0 Å². The van der Waals surface area contributed by atoms with Crippen molar-refractivity contribution in [2.75, 3.05) is 32.6 Å². The Bertz CT molecular complexity index is 1110. The Balaban J connectivity index is 0.000000195. The van der Waals surface area contributed by atoms with Crippen LogP contribution in [-0.4, -0.2) is 54.1 Å². The Hall–Kier alpha value is -2.81. The van der Waals surface area contributed by atoms with Crippen LogP contribution in [0.2, 0.25) is 0 Å². The minimum Gasteiger partial charge on any atom is -0.450 e. The molecule has 9 heteroatoms. The van der Waals surface area contributed by atoms with Crippen molar-refractivity contribution in [1.29, 1.82) is 0 Å². The molecule has 1 N–H and O–H groups in total. The molecule has 1 aromatic heterocycles. The molecule has 3 aromatic rings. The van der Waals surface area contributed by atoms with Crippen molar-refractivity contribution in [3.8, 4) is 0 Å². The lowest BCUT2D eigenvalue weighted by atomic mass is 9.85. The first-order valence-corrected chi connectivity index (χ1v) is 13.7. The fourth-order valence-corrected chi connectivity index (χ4v) is 5.62. The summed E-state index contributed by atoms with van der Waals surface area (Å²) < 4.78 is 32.2. The molecule has 198 valence electrons. The van der Waals surface area contributed by atoms with Crippen molar-refractivity contribution in [3.63, 3.8) is 0 Å². The molecule has 37 heavy (non-hydrogen) atoms. The highest BCUT2D eigenvalue weighted by Crippen LogP contribution is 2.34. The zero-order valence-electron chi connectivity index (χ0n) is 20.6. The van der Waals surface area contributed by atoms with Crippen molar-refractivity contribution in [2.24, 2.45) is 5.92 Å². The van der Waals surface area contributed by atoms with E-state index in [1.165, 1.54) is 81.7 Å². The number of piperidine rings is 3. The van der Waals surface area contributed by atoms with E-state index in [4.69, 9.17) is 9.84 Å². The maximum atomic E-state index is 13.2. The molecule has 3 aliphatic rings. The van der Waals surface area contributed by atoms with Crippen LogP contribution >= 0.6 is 22.9 Å². The highest BCUT2D eigenvalue weighted by molar-refractivity contribution is 7.12. The van der Waals surface area contributed by atoms with Gasteiger partial charge >= 0.3 is 6.16 Å². The average Bonchev–Trinajstić information content (AvgIpc) is 3.45.